The van der Waals surface area contributed by atoms with Crippen LogP contribution in [0.15, 0.2) is 52.9 Å². The number of benzene rings is 1. The molecule has 0 aliphatic carbocycles. The number of H-pyrrole nitrogens is 1. The van der Waals surface area contributed by atoms with Crippen LogP contribution >= 0.6 is 0 Å². The second kappa shape index (κ2) is 5.62. The van der Waals surface area contributed by atoms with Crippen LogP contribution in [0.3, 0.4) is 0 Å². The molecule has 0 aliphatic heterocycles. The summed E-state index contributed by atoms with van der Waals surface area (Å²) in [5, 5.41) is 10.4. The summed E-state index contributed by atoms with van der Waals surface area (Å²) >= 11 is 0. The largest absolute Gasteiger partial charge is 0.369 e. The van der Waals surface area contributed by atoms with Crippen LogP contribution in [-0.2, 0) is 6.54 Å². The number of nitrogens with one attached hydrogen (secondary N) is 1. The summed E-state index contributed by atoms with van der Waals surface area (Å²) in [7, 11) is 0. The third-order valence-electron chi connectivity index (χ3n) is 2.28. The summed E-state index contributed by atoms with van der Waals surface area (Å²) in [6.07, 6.45) is 5.34. The van der Waals surface area contributed by atoms with Crippen LogP contribution in [0, 0.1) is 0 Å². The number of rotatable bonds is 4. The Balaban J connectivity index is 2.03. The average molecular weight is 243 g/mol. The fourth-order valence-corrected chi connectivity index (χ4v) is 1.52. The van der Waals surface area contributed by atoms with Crippen molar-refractivity contribution in [3.8, 4) is 0 Å². The molecule has 0 saturated carbocycles. The summed E-state index contributed by atoms with van der Waals surface area (Å²) in [5.74, 6) is -0.0565. The highest BCUT2D eigenvalue weighted by molar-refractivity contribution is 5.80. The van der Waals surface area contributed by atoms with Gasteiger partial charge in [-0.1, -0.05) is 30.3 Å². The van der Waals surface area contributed by atoms with Gasteiger partial charge >= 0.3 is 0 Å². The second-order valence-corrected chi connectivity index (χ2v) is 3.79. The van der Waals surface area contributed by atoms with Crippen molar-refractivity contribution in [2.45, 2.75) is 6.54 Å². The second-order valence-electron chi connectivity index (χ2n) is 3.79. The van der Waals surface area contributed by atoms with Crippen molar-refractivity contribution in [1.29, 1.82) is 0 Å². The number of hydrogen-bond donors (Lipinski definition) is 3. The Bertz CT molecular complexity index is 551. The molecule has 0 atom stereocenters. The number of hydrogen-bond acceptors (Lipinski definition) is 2. The molecule has 1 heterocycles. The van der Waals surface area contributed by atoms with Crippen LogP contribution in [0.5, 0.6) is 0 Å². The molecule has 0 aliphatic rings. The molecule has 92 valence electrons. The first kappa shape index (κ1) is 11.8. The molecule has 2 aromatic rings. The van der Waals surface area contributed by atoms with E-state index in [0.29, 0.717) is 0 Å². The molecule has 6 heteroatoms. The SMILES string of the molecule is NC(N)=N/N=C/c1c[nH][n+](Cc2ccccc2)c1. The first-order valence-electron chi connectivity index (χ1n) is 5.48. The Morgan fingerprint density at radius 1 is 1.28 bits per heavy atom. The van der Waals surface area contributed by atoms with Crippen molar-refractivity contribution in [3.05, 3.63) is 53.9 Å². The molecule has 2 rings (SSSR count). The van der Waals surface area contributed by atoms with Gasteiger partial charge in [0, 0.05) is 5.56 Å². The van der Waals surface area contributed by atoms with E-state index < -0.39 is 0 Å². The van der Waals surface area contributed by atoms with E-state index >= 15 is 0 Å². The predicted molar refractivity (Wildman–Crippen MR) is 69.9 cm³/mol. The highest BCUT2D eigenvalue weighted by Crippen LogP contribution is 1.97. The Morgan fingerprint density at radius 2 is 2.06 bits per heavy atom. The van der Waals surface area contributed by atoms with Crippen molar-refractivity contribution in [2.75, 3.05) is 0 Å². The van der Waals surface area contributed by atoms with E-state index in [-0.39, 0.29) is 5.96 Å². The molecule has 0 spiro atoms. The van der Waals surface area contributed by atoms with Crippen molar-refractivity contribution in [1.82, 2.24) is 5.10 Å². The first-order chi connectivity index (χ1) is 8.74. The van der Waals surface area contributed by atoms with Gasteiger partial charge in [0.2, 0.25) is 12.2 Å². The number of nitrogens with zero attached hydrogens (tertiary/aromatic N) is 3. The van der Waals surface area contributed by atoms with Gasteiger partial charge in [0.15, 0.2) is 6.54 Å². The number of guanidine groups is 1. The lowest BCUT2D eigenvalue weighted by atomic mass is 10.2. The van der Waals surface area contributed by atoms with Crippen LogP contribution in [0.2, 0.25) is 0 Å². The molecule has 0 fully saturated rings. The van der Waals surface area contributed by atoms with Crippen LogP contribution in [0.1, 0.15) is 11.1 Å². The van der Waals surface area contributed by atoms with Gasteiger partial charge in [-0.15, -0.1) is 9.78 Å². The predicted octanol–water partition coefficient (Wildman–Crippen LogP) is -0.0422. The fraction of sp³-hybridized carbons (Fsp3) is 0.0833. The molecule has 0 amide bonds. The zero-order valence-corrected chi connectivity index (χ0v) is 9.82. The average Bonchev–Trinajstić information content (AvgIpc) is 2.78. The first-order valence-corrected chi connectivity index (χ1v) is 5.48. The van der Waals surface area contributed by atoms with Gasteiger partial charge in [-0.3, -0.25) is 0 Å². The van der Waals surface area contributed by atoms with Crippen LogP contribution < -0.4 is 16.1 Å². The van der Waals surface area contributed by atoms with Gasteiger partial charge in [0.1, 0.15) is 0 Å². The minimum atomic E-state index is -0.0565. The van der Waals surface area contributed by atoms with E-state index in [1.807, 2.05) is 35.3 Å². The number of nitrogens with two attached hydrogens (primary N) is 2. The topological polar surface area (TPSA) is 96.4 Å². The molecule has 0 unspecified atom stereocenters. The lowest BCUT2D eigenvalue weighted by Gasteiger charge is -1.92. The van der Waals surface area contributed by atoms with Crippen molar-refractivity contribution in [2.24, 2.45) is 21.7 Å². The lowest BCUT2D eigenvalue weighted by Crippen LogP contribution is -2.35. The van der Waals surface area contributed by atoms with Crippen LogP contribution in [0.25, 0.3) is 0 Å². The maximum Gasteiger partial charge on any atom is 0.211 e. The minimum Gasteiger partial charge on any atom is -0.369 e. The Labute approximate surface area is 105 Å². The van der Waals surface area contributed by atoms with Gasteiger partial charge in [0.25, 0.3) is 0 Å². The number of aromatic amines is 1. The standard InChI is InChI=1S/C12H14N6/c13-12(14)17-15-6-11-7-16-18(9-11)8-10-4-2-1-3-5-10/h1-7,9H,8H2,(H4,13,14,17)/p+1/b15-6+. The zero-order valence-electron chi connectivity index (χ0n) is 9.82. The van der Waals surface area contributed by atoms with Crippen molar-refractivity contribution >= 4 is 12.2 Å². The van der Waals surface area contributed by atoms with E-state index in [1.54, 1.807) is 6.21 Å². The third-order valence-corrected chi connectivity index (χ3v) is 2.28. The van der Waals surface area contributed by atoms with E-state index in [0.717, 1.165) is 12.1 Å². The van der Waals surface area contributed by atoms with Crippen molar-refractivity contribution < 1.29 is 4.68 Å². The van der Waals surface area contributed by atoms with Gasteiger partial charge in [-0.25, -0.2) is 0 Å². The van der Waals surface area contributed by atoms with Crippen molar-refractivity contribution in [3.63, 3.8) is 0 Å². The Morgan fingerprint density at radius 3 is 2.78 bits per heavy atom. The van der Waals surface area contributed by atoms with Gasteiger partial charge in [-0.2, -0.15) is 10.2 Å². The molecule has 1 aromatic heterocycles. The van der Waals surface area contributed by atoms with E-state index in [1.165, 1.54) is 5.56 Å². The summed E-state index contributed by atoms with van der Waals surface area (Å²) in [5.41, 5.74) is 12.4. The molecule has 5 N–H and O–H groups in total. The monoisotopic (exact) mass is 243 g/mol. The van der Waals surface area contributed by atoms with Crippen LogP contribution in [-0.4, -0.2) is 17.3 Å². The Hall–Kier alpha value is -2.63. The maximum atomic E-state index is 5.16. The maximum absolute atomic E-state index is 5.16. The van der Waals surface area contributed by atoms with E-state index in [4.69, 9.17) is 11.5 Å². The third kappa shape index (κ3) is 3.44. The smallest absolute Gasteiger partial charge is 0.211 e. The van der Waals surface area contributed by atoms with E-state index in [2.05, 4.69) is 27.4 Å². The Kier molecular flexibility index (Phi) is 3.70. The molecular weight excluding hydrogens is 228 g/mol. The summed E-state index contributed by atoms with van der Waals surface area (Å²) in [6.45, 7) is 0.775. The molecular formula is C12H15N6+. The van der Waals surface area contributed by atoms with Gasteiger partial charge in [-0.05, 0) is 0 Å². The molecule has 18 heavy (non-hydrogen) atoms. The summed E-state index contributed by atoms with van der Waals surface area (Å²) < 4.78 is 1.95. The fourth-order valence-electron chi connectivity index (χ4n) is 1.52. The van der Waals surface area contributed by atoms with Crippen LogP contribution in [0.4, 0.5) is 0 Å². The number of aromatic nitrogens is 2. The molecule has 0 bridgehead atoms. The molecule has 1 aromatic carbocycles. The molecule has 6 nitrogen and oxygen atoms in total. The normalized spacial score (nSPS) is 10.7. The summed E-state index contributed by atoms with van der Waals surface area (Å²) in [4.78, 5) is 0. The zero-order chi connectivity index (χ0) is 12.8. The van der Waals surface area contributed by atoms with Gasteiger partial charge < -0.3 is 11.5 Å². The quantitative estimate of drug-likeness (QED) is 0.304. The highest BCUT2D eigenvalue weighted by Gasteiger charge is 2.05. The van der Waals surface area contributed by atoms with E-state index in [9.17, 15) is 0 Å². The van der Waals surface area contributed by atoms with Gasteiger partial charge in [0.05, 0.1) is 18.0 Å². The lowest BCUT2D eigenvalue weighted by molar-refractivity contribution is -0.742. The molecule has 0 saturated heterocycles. The minimum absolute atomic E-state index is 0.0565. The molecule has 0 radical (unpaired) electrons. The highest BCUT2D eigenvalue weighted by atomic mass is 15.3. The summed E-state index contributed by atoms with van der Waals surface area (Å²) in [6, 6.07) is 10.2.